The second kappa shape index (κ2) is 4.11. The number of carboxylic acid groups (broad SMARTS) is 1. The van der Waals surface area contributed by atoms with Crippen LogP contribution in [0.4, 0.5) is 0 Å². The molecule has 0 aromatic heterocycles. The van der Waals surface area contributed by atoms with Crippen LogP contribution in [0.5, 0.6) is 0 Å². The van der Waals surface area contributed by atoms with Crippen molar-refractivity contribution >= 4 is 17.8 Å². The zero-order valence-electron chi connectivity index (χ0n) is 8.73. The number of amides is 2. The maximum absolute atomic E-state index is 11.6. The minimum absolute atomic E-state index is 0.000309. The van der Waals surface area contributed by atoms with Crippen molar-refractivity contribution in [2.45, 2.75) is 25.3 Å². The lowest BCUT2D eigenvalue weighted by atomic mass is 10.1. The van der Waals surface area contributed by atoms with Gasteiger partial charge in [0.15, 0.2) is 0 Å². The Hall–Kier alpha value is -1.59. The number of piperidine rings is 1. The van der Waals surface area contributed by atoms with Gasteiger partial charge >= 0.3 is 5.97 Å². The van der Waals surface area contributed by atoms with Crippen molar-refractivity contribution < 1.29 is 19.5 Å². The van der Waals surface area contributed by atoms with E-state index in [1.54, 1.807) is 0 Å². The highest BCUT2D eigenvalue weighted by molar-refractivity contribution is 5.89. The second-order valence-corrected chi connectivity index (χ2v) is 4.34. The second-order valence-electron chi connectivity index (χ2n) is 4.34. The summed E-state index contributed by atoms with van der Waals surface area (Å²) in [6, 6.07) is -0.0553. The van der Waals surface area contributed by atoms with E-state index in [0.717, 1.165) is 0 Å². The molecule has 1 heterocycles. The van der Waals surface area contributed by atoms with Gasteiger partial charge in [-0.2, -0.15) is 0 Å². The fourth-order valence-electron chi connectivity index (χ4n) is 1.92. The highest BCUT2D eigenvalue weighted by Gasteiger charge is 2.48. The summed E-state index contributed by atoms with van der Waals surface area (Å²) in [6.07, 6.45) is 1.47. The number of aliphatic carboxylic acids is 1. The standard InChI is InChI=1S/C10H14N2O4/c13-8-2-1-5(4-11-8)12-9(14)6-3-7(6)10(15)16/h5-7H,1-4H2,(H,11,13)(H,12,14)(H,15,16)/t5?,6-,7+/m1/s1. The van der Waals surface area contributed by atoms with Gasteiger partial charge in [-0.1, -0.05) is 0 Å². The Morgan fingerprint density at radius 2 is 2.12 bits per heavy atom. The molecule has 0 bridgehead atoms. The fourth-order valence-corrected chi connectivity index (χ4v) is 1.92. The van der Waals surface area contributed by atoms with Crippen LogP contribution >= 0.6 is 0 Å². The van der Waals surface area contributed by atoms with Gasteiger partial charge in [0.2, 0.25) is 11.8 Å². The van der Waals surface area contributed by atoms with Gasteiger partial charge in [-0.3, -0.25) is 14.4 Å². The Morgan fingerprint density at radius 1 is 1.38 bits per heavy atom. The monoisotopic (exact) mass is 226 g/mol. The van der Waals surface area contributed by atoms with Crippen LogP contribution in [0.1, 0.15) is 19.3 Å². The predicted octanol–water partition coefficient (Wildman–Crippen LogP) is -0.898. The third-order valence-electron chi connectivity index (χ3n) is 3.06. The molecule has 0 radical (unpaired) electrons. The van der Waals surface area contributed by atoms with Crippen molar-refractivity contribution in [3.05, 3.63) is 0 Å². The third kappa shape index (κ3) is 2.32. The highest BCUT2D eigenvalue weighted by Crippen LogP contribution is 2.38. The Kier molecular flexibility index (Phi) is 2.80. The molecular formula is C10H14N2O4. The molecule has 1 aliphatic heterocycles. The molecule has 1 saturated carbocycles. The average molecular weight is 226 g/mol. The van der Waals surface area contributed by atoms with E-state index in [1.807, 2.05) is 0 Å². The van der Waals surface area contributed by atoms with Crippen LogP contribution in [0.15, 0.2) is 0 Å². The van der Waals surface area contributed by atoms with E-state index < -0.39 is 11.9 Å². The normalized spacial score (nSPS) is 32.8. The summed E-state index contributed by atoms with van der Waals surface area (Å²) in [6.45, 7) is 0.440. The number of carboxylic acids is 1. The topological polar surface area (TPSA) is 95.5 Å². The lowest BCUT2D eigenvalue weighted by Gasteiger charge is -2.23. The van der Waals surface area contributed by atoms with Crippen LogP contribution in [-0.4, -0.2) is 35.5 Å². The molecule has 2 aliphatic rings. The van der Waals surface area contributed by atoms with E-state index in [4.69, 9.17) is 5.11 Å². The summed E-state index contributed by atoms with van der Waals surface area (Å²) in [7, 11) is 0. The van der Waals surface area contributed by atoms with Crippen molar-refractivity contribution in [2.75, 3.05) is 6.54 Å². The van der Waals surface area contributed by atoms with Crippen LogP contribution in [0, 0.1) is 11.8 Å². The van der Waals surface area contributed by atoms with Gasteiger partial charge in [-0.15, -0.1) is 0 Å². The van der Waals surface area contributed by atoms with Crippen molar-refractivity contribution in [1.29, 1.82) is 0 Å². The zero-order chi connectivity index (χ0) is 11.7. The molecule has 2 rings (SSSR count). The fraction of sp³-hybridized carbons (Fsp3) is 0.700. The van der Waals surface area contributed by atoms with Crippen molar-refractivity contribution in [3.63, 3.8) is 0 Å². The molecule has 0 spiro atoms. The number of hydrogen-bond donors (Lipinski definition) is 3. The molecule has 3 atom stereocenters. The summed E-state index contributed by atoms with van der Waals surface area (Å²) in [5.74, 6) is -2.00. The smallest absolute Gasteiger partial charge is 0.307 e. The summed E-state index contributed by atoms with van der Waals surface area (Å²) in [5, 5.41) is 14.1. The minimum Gasteiger partial charge on any atom is -0.481 e. The van der Waals surface area contributed by atoms with E-state index in [2.05, 4.69) is 10.6 Å². The summed E-state index contributed by atoms with van der Waals surface area (Å²) >= 11 is 0. The van der Waals surface area contributed by atoms with Gasteiger partial charge in [0.05, 0.1) is 11.8 Å². The third-order valence-corrected chi connectivity index (χ3v) is 3.06. The van der Waals surface area contributed by atoms with E-state index in [9.17, 15) is 14.4 Å². The van der Waals surface area contributed by atoms with Crippen molar-refractivity contribution in [1.82, 2.24) is 10.6 Å². The van der Waals surface area contributed by atoms with Gasteiger partial charge in [-0.05, 0) is 12.8 Å². The Bertz CT molecular complexity index is 332. The molecule has 0 aromatic rings. The first kappa shape index (κ1) is 10.9. The highest BCUT2D eigenvalue weighted by atomic mass is 16.4. The SMILES string of the molecule is O=C1CCC(NC(=O)[C@@H]2C[C@@H]2C(=O)O)CN1. The average Bonchev–Trinajstić information content (AvgIpc) is 3.01. The summed E-state index contributed by atoms with van der Waals surface area (Å²) in [5.41, 5.74) is 0. The van der Waals surface area contributed by atoms with Crippen LogP contribution in [0.25, 0.3) is 0 Å². The number of nitrogens with one attached hydrogen (secondary N) is 2. The first-order chi connectivity index (χ1) is 7.58. The predicted molar refractivity (Wildman–Crippen MR) is 53.4 cm³/mol. The quantitative estimate of drug-likeness (QED) is 0.581. The van der Waals surface area contributed by atoms with Crippen molar-refractivity contribution in [3.8, 4) is 0 Å². The largest absolute Gasteiger partial charge is 0.481 e. The van der Waals surface area contributed by atoms with Gasteiger partial charge < -0.3 is 15.7 Å². The molecule has 1 aliphatic carbocycles. The van der Waals surface area contributed by atoms with E-state index >= 15 is 0 Å². The molecule has 0 aromatic carbocycles. The molecule has 3 N–H and O–H groups in total. The lowest BCUT2D eigenvalue weighted by Crippen LogP contribution is -2.48. The maximum atomic E-state index is 11.6. The molecule has 16 heavy (non-hydrogen) atoms. The van der Waals surface area contributed by atoms with Gasteiger partial charge in [0.25, 0.3) is 0 Å². The molecule has 1 unspecified atom stereocenters. The minimum atomic E-state index is -0.905. The van der Waals surface area contributed by atoms with Crippen LogP contribution in [0.3, 0.4) is 0 Å². The molecule has 2 fully saturated rings. The summed E-state index contributed by atoms with van der Waals surface area (Å²) in [4.78, 5) is 33.0. The van der Waals surface area contributed by atoms with Gasteiger partial charge in [0.1, 0.15) is 0 Å². The molecule has 6 heteroatoms. The molecule has 2 amide bonds. The Labute approximate surface area is 92.4 Å². The maximum Gasteiger partial charge on any atom is 0.307 e. The van der Waals surface area contributed by atoms with Crippen LogP contribution in [-0.2, 0) is 14.4 Å². The molecular weight excluding hydrogens is 212 g/mol. The number of carbonyl (C=O) groups excluding carboxylic acids is 2. The zero-order valence-corrected chi connectivity index (χ0v) is 8.73. The number of carbonyl (C=O) groups is 3. The van der Waals surface area contributed by atoms with E-state index in [1.165, 1.54) is 0 Å². The Morgan fingerprint density at radius 3 is 2.62 bits per heavy atom. The van der Waals surface area contributed by atoms with E-state index in [0.29, 0.717) is 25.8 Å². The summed E-state index contributed by atoms with van der Waals surface area (Å²) < 4.78 is 0. The van der Waals surface area contributed by atoms with Crippen LogP contribution in [0.2, 0.25) is 0 Å². The van der Waals surface area contributed by atoms with Crippen LogP contribution < -0.4 is 10.6 Å². The number of hydrogen-bond acceptors (Lipinski definition) is 3. The van der Waals surface area contributed by atoms with Gasteiger partial charge in [0, 0.05) is 19.0 Å². The molecule has 6 nitrogen and oxygen atoms in total. The Balaban J connectivity index is 1.76. The molecule has 88 valence electrons. The number of rotatable bonds is 3. The lowest BCUT2D eigenvalue weighted by molar-refractivity contribution is -0.140. The van der Waals surface area contributed by atoms with E-state index in [-0.39, 0.29) is 23.8 Å². The first-order valence-electron chi connectivity index (χ1n) is 5.38. The first-order valence-corrected chi connectivity index (χ1v) is 5.38. The molecule has 1 saturated heterocycles. The van der Waals surface area contributed by atoms with Gasteiger partial charge in [-0.25, -0.2) is 0 Å². The van der Waals surface area contributed by atoms with Crippen molar-refractivity contribution in [2.24, 2.45) is 11.8 Å².